The summed E-state index contributed by atoms with van der Waals surface area (Å²) in [4.78, 5) is 14.1. The molecule has 90 valence electrons. The Labute approximate surface area is 102 Å². The van der Waals surface area contributed by atoms with Crippen molar-refractivity contribution in [3.8, 4) is 0 Å². The smallest absolute Gasteiger partial charge is 0.270 e. The van der Waals surface area contributed by atoms with Gasteiger partial charge in [0.25, 0.3) is 5.69 Å². The zero-order chi connectivity index (χ0) is 13.0. The van der Waals surface area contributed by atoms with Crippen molar-refractivity contribution in [1.29, 1.82) is 0 Å². The molecular weight excluding hydrogens is 234 g/mol. The fourth-order valence-electron chi connectivity index (χ4n) is 1.55. The number of hydrogen-bond acceptors (Lipinski definition) is 5. The van der Waals surface area contributed by atoms with Gasteiger partial charge in [-0.2, -0.15) is 0 Å². The largest absolute Gasteiger partial charge is 0.410 e. The first-order valence-electron chi connectivity index (χ1n) is 5.09. The molecule has 1 heterocycles. The topological polar surface area (TPSA) is 88.6 Å². The van der Waals surface area contributed by atoms with Gasteiger partial charge in [-0.25, -0.2) is 0 Å². The number of nitrogens with zero attached hydrogens (tertiary/aromatic N) is 3. The quantitative estimate of drug-likeness (QED) is 0.387. The average molecular weight is 243 g/mol. The summed E-state index contributed by atoms with van der Waals surface area (Å²) in [5.41, 5.74) is 1.23. The second-order valence-corrected chi connectivity index (χ2v) is 3.50. The number of pyridine rings is 1. The predicted molar refractivity (Wildman–Crippen MR) is 64.8 cm³/mol. The van der Waals surface area contributed by atoms with E-state index < -0.39 is 4.92 Å². The minimum atomic E-state index is -0.498. The molecule has 2 aromatic rings. The lowest BCUT2D eigenvalue weighted by atomic mass is 10.0. The highest BCUT2D eigenvalue weighted by atomic mass is 16.6. The summed E-state index contributed by atoms with van der Waals surface area (Å²) < 4.78 is 0. The molecule has 0 aliphatic carbocycles. The minimum Gasteiger partial charge on any atom is -0.410 e. The fraction of sp³-hybridized carbons (Fsp3) is 0. The van der Waals surface area contributed by atoms with Crippen molar-refractivity contribution < 1.29 is 10.1 Å². The van der Waals surface area contributed by atoms with Crippen molar-refractivity contribution in [2.45, 2.75) is 0 Å². The molecule has 6 nitrogen and oxygen atoms in total. The number of aromatic nitrogens is 1. The van der Waals surface area contributed by atoms with Crippen molar-refractivity contribution in [3.05, 3.63) is 70.0 Å². The third kappa shape index (κ3) is 2.32. The van der Waals surface area contributed by atoms with Crippen LogP contribution in [-0.2, 0) is 0 Å². The van der Waals surface area contributed by atoms with Gasteiger partial charge in [-0.15, -0.1) is 0 Å². The summed E-state index contributed by atoms with van der Waals surface area (Å²) in [5.74, 6) is 0. The number of oxime groups is 1. The van der Waals surface area contributed by atoms with Crippen molar-refractivity contribution >= 4 is 11.4 Å². The van der Waals surface area contributed by atoms with Gasteiger partial charge in [0.2, 0.25) is 0 Å². The summed E-state index contributed by atoms with van der Waals surface area (Å²) in [7, 11) is 0. The van der Waals surface area contributed by atoms with Crippen LogP contribution >= 0.6 is 0 Å². The number of rotatable bonds is 3. The van der Waals surface area contributed by atoms with Gasteiger partial charge in [0.05, 0.1) is 4.92 Å². The molecule has 0 aliphatic heterocycles. The molecule has 1 aromatic heterocycles. The molecule has 6 heteroatoms. The highest BCUT2D eigenvalue weighted by molar-refractivity contribution is 6.12. The van der Waals surface area contributed by atoms with E-state index in [-0.39, 0.29) is 11.4 Å². The van der Waals surface area contributed by atoms with E-state index in [1.165, 1.54) is 24.4 Å². The van der Waals surface area contributed by atoms with Gasteiger partial charge in [0.1, 0.15) is 5.71 Å². The monoisotopic (exact) mass is 243 g/mol. The lowest BCUT2D eigenvalue weighted by molar-refractivity contribution is -0.384. The molecule has 1 aromatic carbocycles. The van der Waals surface area contributed by atoms with Crippen LogP contribution in [0.5, 0.6) is 0 Å². The molecule has 0 fully saturated rings. The summed E-state index contributed by atoms with van der Waals surface area (Å²) >= 11 is 0. The Kier molecular flexibility index (Phi) is 3.29. The van der Waals surface area contributed by atoms with Crippen molar-refractivity contribution in [3.63, 3.8) is 0 Å². The van der Waals surface area contributed by atoms with Crippen LogP contribution in [0.2, 0.25) is 0 Å². The molecular formula is C12H9N3O3. The Morgan fingerprint density at radius 3 is 2.67 bits per heavy atom. The van der Waals surface area contributed by atoms with Crippen LogP contribution in [0, 0.1) is 10.1 Å². The normalized spacial score (nSPS) is 11.2. The van der Waals surface area contributed by atoms with Crippen molar-refractivity contribution in [1.82, 2.24) is 4.98 Å². The Balaban J connectivity index is 2.47. The van der Waals surface area contributed by atoms with Gasteiger partial charge >= 0.3 is 0 Å². The van der Waals surface area contributed by atoms with Crippen molar-refractivity contribution in [2.75, 3.05) is 0 Å². The number of benzene rings is 1. The fourth-order valence-corrected chi connectivity index (χ4v) is 1.55. The molecule has 0 amide bonds. The molecule has 0 radical (unpaired) electrons. The third-order valence-corrected chi connectivity index (χ3v) is 2.37. The van der Waals surface area contributed by atoms with Crippen LogP contribution in [0.3, 0.4) is 0 Å². The maximum absolute atomic E-state index is 10.7. The van der Waals surface area contributed by atoms with E-state index >= 15 is 0 Å². The molecule has 0 atom stereocenters. The van der Waals surface area contributed by atoms with Crippen LogP contribution in [-0.4, -0.2) is 20.8 Å². The van der Waals surface area contributed by atoms with Crippen LogP contribution in [0.4, 0.5) is 5.69 Å². The Hall–Kier alpha value is -2.76. The third-order valence-electron chi connectivity index (χ3n) is 2.37. The molecule has 0 saturated heterocycles. The van der Waals surface area contributed by atoms with Crippen LogP contribution < -0.4 is 0 Å². The zero-order valence-corrected chi connectivity index (χ0v) is 9.22. The van der Waals surface area contributed by atoms with Gasteiger partial charge < -0.3 is 5.21 Å². The van der Waals surface area contributed by atoms with E-state index in [4.69, 9.17) is 5.21 Å². The van der Waals surface area contributed by atoms with E-state index in [0.29, 0.717) is 11.1 Å². The van der Waals surface area contributed by atoms with Gasteiger partial charge in [-0.3, -0.25) is 15.1 Å². The van der Waals surface area contributed by atoms with Crippen LogP contribution in [0.15, 0.2) is 53.9 Å². The first-order valence-corrected chi connectivity index (χ1v) is 5.09. The summed E-state index contributed by atoms with van der Waals surface area (Å²) in [6.07, 6.45) is 3.11. The first-order chi connectivity index (χ1) is 8.72. The van der Waals surface area contributed by atoms with Crippen LogP contribution in [0.1, 0.15) is 11.1 Å². The lowest BCUT2D eigenvalue weighted by Crippen LogP contribution is -2.04. The Bertz CT molecular complexity index is 597. The summed E-state index contributed by atoms with van der Waals surface area (Å²) in [6.45, 7) is 0. The molecule has 0 saturated carbocycles. The Morgan fingerprint density at radius 1 is 1.28 bits per heavy atom. The number of nitro benzene ring substituents is 1. The zero-order valence-electron chi connectivity index (χ0n) is 9.22. The maximum atomic E-state index is 10.7. The maximum Gasteiger partial charge on any atom is 0.270 e. The van der Waals surface area contributed by atoms with Gasteiger partial charge in [-0.1, -0.05) is 17.3 Å². The summed E-state index contributed by atoms with van der Waals surface area (Å²) in [6, 6.07) is 9.30. The first kappa shape index (κ1) is 11.7. The molecule has 18 heavy (non-hydrogen) atoms. The van der Waals surface area contributed by atoms with E-state index in [2.05, 4.69) is 10.1 Å². The highest BCUT2D eigenvalue weighted by Gasteiger charge is 2.12. The van der Waals surface area contributed by atoms with Gasteiger partial charge in [0.15, 0.2) is 0 Å². The molecule has 2 rings (SSSR count). The van der Waals surface area contributed by atoms with Crippen molar-refractivity contribution in [2.24, 2.45) is 5.16 Å². The van der Waals surface area contributed by atoms with Gasteiger partial charge in [-0.05, 0) is 12.1 Å². The van der Waals surface area contributed by atoms with Gasteiger partial charge in [0, 0.05) is 35.7 Å². The standard InChI is InChI=1S/C12H9N3O3/c16-14-12(10-4-2-6-13-8-10)9-3-1-5-11(7-9)15(17)18/h1-8,16H/b14-12-. The molecule has 0 bridgehead atoms. The second-order valence-electron chi connectivity index (χ2n) is 3.50. The summed E-state index contributed by atoms with van der Waals surface area (Å²) in [5, 5.41) is 22.9. The van der Waals surface area contributed by atoms with E-state index in [1.54, 1.807) is 24.4 Å². The Morgan fingerprint density at radius 2 is 2.06 bits per heavy atom. The molecule has 0 spiro atoms. The van der Waals surface area contributed by atoms with Crippen LogP contribution in [0.25, 0.3) is 0 Å². The number of non-ortho nitro benzene ring substituents is 1. The molecule has 1 N–H and O–H groups in total. The number of hydrogen-bond donors (Lipinski definition) is 1. The SMILES string of the molecule is O=[N+]([O-])c1cccc(/C(=N/O)c2cccnc2)c1. The second kappa shape index (κ2) is 5.05. The van der Waals surface area contributed by atoms with E-state index in [9.17, 15) is 10.1 Å². The highest BCUT2D eigenvalue weighted by Crippen LogP contribution is 2.16. The number of nitro groups is 1. The predicted octanol–water partition coefficient (Wildman–Crippen LogP) is 2.22. The van der Waals surface area contributed by atoms with E-state index in [0.717, 1.165) is 0 Å². The van der Waals surface area contributed by atoms with E-state index in [1.807, 2.05) is 0 Å². The lowest BCUT2D eigenvalue weighted by Gasteiger charge is -2.03. The minimum absolute atomic E-state index is 0.0578. The molecule has 0 unspecified atom stereocenters. The average Bonchev–Trinajstić information content (AvgIpc) is 2.41. The molecule has 0 aliphatic rings.